The van der Waals surface area contributed by atoms with Gasteiger partial charge in [0, 0.05) is 48.2 Å². The maximum atomic E-state index is 12.8. The lowest BCUT2D eigenvalue weighted by molar-refractivity contribution is -0.174. The molecule has 0 amide bonds. The molecular formula is C28H32N2O6. The number of esters is 1. The number of hydrogen-bond acceptors (Lipinski definition) is 8. The Balaban J connectivity index is 1.78. The van der Waals surface area contributed by atoms with Crippen molar-refractivity contribution in [2.24, 2.45) is 0 Å². The van der Waals surface area contributed by atoms with Gasteiger partial charge in [0.15, 0.2) is 5.60 Å². The number of hydrogen-bond donors (Lipinski definition) is 2. The highest BCUT2D eigenvalue weighted by molar-refractivity contribution is 5.88. The van der Waals surface area contributed by atoms with E-state index < -0.39 is 22.8 Å². The number of nitrogen functional groups attached to an aromatic ring is 1. The normalized spacial score (nSPS) is 17.6. The number of benzene rings is 1. The van der Waals surface area contributed by atoms with Gasteiger partial charge in [-0.2, -0.15) is 0 Å². The van der Waals surface area contributed by atoms with Crippen molar-refractivity contribution < 1.29 is 23.8 Å². The van der Waals surface area contributed by atoms with Crippen molar-refractivity contribution in [3.05, 3.63) is 75.3 Å². The first-order chi connectivity index (χ1) is 17.1. The number of aromatic nitrogens is 1. The zero-order chi connectivity index (χ0) is 26.1. The minimum Gasteiger partial charge on any atom is -0.482 e. The largest absolute Gasteiger partial charge is 0.482 e. The molecule has 3 heterocycles. The van der Waals surface area contributed by atoms with Crippen molar-refractivity contribution in [1.29, 1.82) is 0 Å². The van der Waals surface area contributed by atoms with Gasteiger partial charge in [-0.1, -0.05) is 6.08 Å². The summed E-state index contributed by atoms with van der Waals surface area (Å²) in [5, 5.41) is 9.91. The van der Waals surface area contributed by atoms with Crippen LogP contribution in [0.25, 0.3) is 11.0 Å². The minimum atomic E-state index is -1.04. The van der Waals surface area contributed by atoms with Crippen LogP contribution in [-0.4, -0.2) is 33.9 Å². The molecule has 1 aromatic carbocycles. The summed E-state index contributed by atoms with van der Waals surface area (Å²) in [5.41, 5.74) is 6.76. The van der Waals surface area contributed by atoms with Gasteiger partial charge in [-0.15, -0.1) is 0 Å². The monoisotopic (exact) mass is 492 g/mol. The molecule has 1 unspecified atom stereocenters. The van der Waals surface area contributed by atoms with Crippen LogP contribution in [0.5, 0.6) is 5.75 Å². The third-order valence-corrected chi connectivity index (χ3v) is 6.91. The van der Waals surface area contributed by atoms with Crippen LogP contribution < -0.4 is 16.1 Å². The molecule has 2 aromatic heterocycles. The van der Waals surface area contributed by atoms with E-state index in [1.54, 1.807) is 44.3 Å². The van der Waals surface area contributed by atoms with E-state index in [1.165, 1.54) is 0 Å². The molecule has 8 heteroatoms. The Morgan fingerprint density at radius 3 is 2.78 bits per heavy atom. The van der Waals surface area contributed by atoms with Gasteiger partial charge in [-0.25, -0.2) is 14.6 Å². The molecule has 0 fully saturated rings. The van der Waals surface area contributed by atoms with Crippen molar-refractivity contribution in [2.75, 3.05) is 12.3 Å². The van der Waals surface area contributed by atoms with Crippen molar-refractivity contribution in [2.45, 2.75) is 64.6 Å². The highest BCUT2D eigenvalue weighted by Crippen LogP contribution is 2.46. The van der Waals surface area contributed by atoms with E-state index in [1.807, 2.05) is 26.0 Å². The molecule has 3 N–H and O–H groups in total. The van der Waals surface area contributed by atoms with Crippen molar-refractivity contribution >= 4 is 22.8 Å². The first-order valence-corrected chi connectivity index (χ1v) is 12.0. The summed E-state index contributed by atoms with van der Waals surface area (Å²) in [6.07, 6.45) is 5.13. The number of rotatable bonds is 8. The summed E-state index contributed by atoms with van der Waals surface area (Å²) in [6.45, 7) is 7.18. The molecule has 0 bridgehead atoms. The Labute approximate surface area is 209 Å². The smallest absolute Gasteiger partial charge is 0.339 e. The number of aryl methyl sites for hydroxylation is 1. The zero-order valence-corrected chi connectivity index (χ0v) is 21.1. The Bertz CT molecular complexity index is 1390. The molecule has 0 spiro atoms. The van der Waals surface area contributed by atoms with Gasteiger partial charge in [-0.05, 0) is 75.9 Å². The Morgan fingerprint density at radius 1 is 1.31 bits per heavy atom. The van der Waals surface area contributed by atoms with E-state index in [-0.39, 0.29) is 6.61 Å². The standard InChI is InChI=1S/C28H32N2O6/c1-5-17(2)25(32)36-27(3,4)28(15-18-8-9-30-24(29)11-18)16-21-13-20-12-19(7-6-10-31)26(33)34-22(20)14-23(21)35-28/h5,8-9,11-14,31H,6-7,10,15-16H2,1-4H3,(H2,29,30). The number of fused-ring (bicyclic) bond motifs is 2. The average Bonchev–Trinajstić information content (AvgIpc) is 3.19. The van der Waals surface area contributed by atoms with Crippen LogP contribution in [0.4, 0.5) is 5.82 Å². The predicted molar refractivity (Wildman–Crippen MR) is 137 cm³/mol. The molecular weight excluding hydrogens is 460 g/mol. The first kappa shape index (κ1) is 25.4. The second-order valence-electron chi connectivity index (χ2n) is 9.79. The Morgan fingerprint density at radius 2 is 2.08 bits per heavy atom. The lowest BCUT2D eigenvalue weighted by Crippen LogP contribution is -2.57. The number of ether oxygens (including phenoxy) is 2. The van der Waals surface area contributed by atoms with Gasteiger partial charge in [0.25, 0.3) is 0 Å². The van der Waals surface area contributed by atoms with Gasteiger partial charge >= 0.3 is 11.6 Å². The number of anilines is 1. The van der Waals surface area contributed by atoms with Crippen LogP contribution in [0.3, 0.4) is 0 Å². The molecule has 190 valence electrons. The fourth-order valence-electron chi connectivity index (χ4n) is 4.57. The van der Waals surface area contributed by atoms with Gasteiger partial charge in [0.2, 0.25) is 0 Å². The predicted octanol–water partition coefficient (Wildman–Crippen LogP) is 3.90. The first-order valence-electron chi connectivity index (χ1n) is 12.0. The number of allylic oxidation sites excluding steroid dienone is 1. The maximum Gasteiger partial charge on any atom is 0.339 e. The van der Waals surface area contributed by atoms with E-state index in [0.29, 0.717) is 54.0 Å². The van der Waals surface area contributed by atoms with Crippen LogP contribution in [0.2, 0.25) is 0 Å². The Kier molecular flexibility index (Phi) is 6.91. The summed E-state index contributed by atoms with van der Waals surface area (Å²) >= 11 is 0. The highest BCUT2D eigenvalue weighted by Gasteiger charge is 2.54. The maximum absolute atomic E-state index is 12.8. The van der Waals surface area contributed by atoms with E-state index in [4.69, 9.17) is 24.7 Å². The van der Waals surface area contributed by atoms with Gasteiger partial charge < -0.3 is 24.7 Å². The Hall–Kier alpha value is -3.65. The lowest BCUT2D eigenvalue weighted by Gasteiger charge is -2.42. The lowest BCUT2D eigenvalue weighted by atomic mass is 9.77. The van der Waals surface area contributed by atoms with E-state index in [2.05, 4.69) is 4.98 Å². The molecule has 3 aromatic rings. The molecule has 1 atom stereocenters. The third kappa shape index (κ3) is 4.86. The second-order valence-corrected chi connectivity index (χ2v) is 9.79. The van der Waals surface area contributed by atoms with Gasteiger partial charge in [-0.3, -0.25) is 0 Å². The fraction of sp³-hybridized carbons (Fsp3) is 0.393. The van der Waals surface area contributed by atoms with Crippen LogP contribution >= 0.6 is 0 Å². The number of aliphatic hydroxyl groups is 1. The molecule has 1 aliphatic rings. The number of nitrogens with zero attached hydrogens (tertiary/aromatic N) is 1. The van der Waals surface area contributed by atoms with Crippen LogP contribution in [0, 0.1) is 0 Å². The number of nitrogens with two attached hydrogens (primary N) is 1. The van der Waals surface area contributed by atoms with E-state index in [0.717, 1.165) is 16.5 Å². The summed E-state index contributed by atoms with van der Waals surface area (Å²) in [6, 6.07) is 9.13. The molecule has 8 nitrogen and oxygen atoms in total. The second kappa shape index (κ2) is 9.78. The molecule has 0 saturated heterocycles. The molecule has 0 saturated carbocycles. The average molecular weight is 493 g/mol. The molecule has 0 radical (unpaired) electrons. The number of carbonyl (C=O) groups is 1. The minimum absolute atomic E-state index is 0.00194. The van der Waals surface area contributed by atoms with Gasteiger partial charge in [0.1, 0.15) is 22.8 Å². The number of carbonyl (C=O) groups excluding carboxylic acids is 1. The number of aliphatic hydroxyl groups excluding tert-OH is 1. The van der Waals surface area contributed by atoms with Gasteiger partial charge in [0.05, 0.1) is 0 Å². The highest BCUT2D eigenvalue weighted by atomic mass is 16.6. The number of pyridine rings is 1. The van der Waals surface area contributed by atoms with Crippen LogP contribution in [0.15, 0.2) is 57.4 Å². The molecule has 4 rings (SSSR count). The quantitative estimate of drug-likeness (QED) is 0.276. The molecule has 1 aliphatic heterocycles. The topological polar surface area (TPSA) is 125 Å². The van der Waals surface area contributed by atoms with Crippen LogP contribution in [-0.2, 0) is 28.8 Å². The van der Waals surface area contributed by atoms with Crippen molar-refractivity contribution in [1.82, 2.24) is 4.98 Å². The van der Waals surface area contributed by atoms with E-state index >= 15 is 0 Å². The zero-order valence-electron chi connectivity index (χ0n) is 21.1. The molecule has 36 heavy (non-hydrogen) atoms. The summed E-state index contributed by atoms with van der Waals surface area (Å²) in [5.74, 6) is 0.545. The van der Waals surface area contributed by atoms with Crippen molar-refractivity contribution in [3.63, 3.8) is 0 Å². The van der Waals surface area contributed by atoms with Crippen molar-refractivity contribution in [3.8, 4) is 5.75 Å². The van der Waals surface area contributed by atoms with E-state index in [9.17, 15) is 9.59 Å². The summed E-state index contributed by atoms with van der Waals surface area (Å²) in [4.78, 5) is 29.3. The molecule has 0 aliphatic carbocycles. The SMILES string of the molecule is CC=C(C)C(=O)OC(C)(C)C1(Cc2ccnc(N)c2)Cc2cc3cc(CCCO)c(=O)oc3cc2O1. The summed E-state index contributed by atoms with van der Waals surface area (Å²) in [7, 11) is 0. The third-order valence-electron chi connectivity index (χ3n) is 6.91. The van der Waals surface area contributed by atoms with Crippen LogP contribution in [0.1, 0.15) is 50.8 Å². The fourth-order valence-corrected chi connectivity index (χ4v) is 4.57. The summed E-state index contributed by atoms with van der Waals surface area (Å²) < 4.78 is 18.2.